The lowest BCUT2D eigenvalue weighted by atomic mass is 10.0. The molecule has 1 unspecified atom stereocenters. The van der Waals surface area contributed by atoms with E-state index in [1.54, 1.807) is 42.6 Å². The van der Waals surface area contributed by atoms with Crippen LogP contribution in [0.2, 0.25) is 10.0 Å². The maximum atomic E-state index is 13.2. The lowest BCUT2D eigenvalue weighted by molar-refractivity contribution is -0.133. The van der Waals surface area contributed by atoms with Gasteiger partial charge in [0.2, 0.25) is 5.91 Å². The van der Waals surface area contributed by atoms with Gasteiger partial charge in [-0.25, -0.2) is 9.69 Å². The maximum absolute atomic E-state index is 13.2. The lowest BCUT2D eigenvalue weighted by Gasteiger charge is -2.24. The van der Waals surface area contributed by atoms with Gasteiger partial charge in [0.25, 0.3) is 5.91 Å². The molecular formula is C23H20Cl2N4O4. The maximum Gasteiger partial charge on any atom is 0.330 e. The van der Waals surface area contributed by atoms with Crippen molar-refractivity contribution >= 4 is 58.0 Å². The Morgan fingerprint density at radius 2 is 1.91 bits per heavy atom. The number of aromatic amines is 1. The van der Waals surface area contributed by atoms with Gasteiger partial charge in [-0.05, 0) is 42.3 Å². The first-order valence-corrected chi connectivity index (χ1v) is 10.8. The van der Waals surface area contributed by atoms with E-state index in [1.165, 1.54) is 0 Å². The third-order valence-corrected chi connectivity index (χ3v) is 6.06. The smallest absolute Gasteiger partial charge is 0.330 e. The predicted molar refractivity (Wildman–Crippen MR) is 126 cm³/mol. The number of urea groups is 1. The molecule has 2 heterocycles. The molecule has 4 rings (SSSR count). The van der Waals surface area contributed by atoms with E-state index in [4.69, 9.17) is 28.3 Å². The van der Waals surface area contributed by atoms with Gasteiger partial charge in [-0.3, -0.25) is 9.59 Å². The number of fused-ring (bicyclic) bond motifs is 1. The van der Waals surface area contributed by atoms with Crippen molar-refractivity contribution < 1.29 is 19.5 Å². The minimum Gasteiger partial charge on any atom is -0.395 e. The highest BCUT2D eigenvalue weighted by atomic mass is 35.5. The Labute approximate surface area is 199 Å². The second-order valence-corrected chi connectivity index (χ2v) is 8.31. The number of carbonyl (C=O) groups is 3. The number of hydrogen-bond donors (Lipinski definition) is 4. The van der Waals surface area contributed by atoms with Crippen LogP contribution in [0.1, 0.15) is 22.7 Å². The van der Waals surface area contributed by atoms with Crippen LogP contribution in [0.3, 0.4) is 0 Å². The zero-order valence-electron chi connectivity index (χ0n) is 17.5. The fraction of sp³-hybridized carbons (Fsp3) is 0.174. The number of aryl methyl sites for hydroxylation is 1. The minimum atomic E-state index is -1.24. The summed E-state index contributed by atoms with van der Waals surface area (Å²) in [4.78, 5) is 42.9. The molecule has 10 heteroatoms. The van der Waals surface area contributed by atoms with Crippen molar-refractivity contribution in [2.45, 2.75) is 13.0 Å². The number of amides is 4. The van der Waals surface area contributed by atoms with Crippen molar-refractivity contribution in [1.82, 2.24) is 20.5 Å². The zero-order chi connectivity index (χ0) is 23.7. The predicted octanol–water partition coefficient (Wildman–Crippen LogP) is 3.53. The van der Waals surface area contributed by atoms with Gasteiger partial charge in [0, 0.05) is 33.7 Å². The molecule has 1 saturated heterocycles. The third kappa shape index (κ3) is 4.32. The van der Waals surface area contributed by atoms with Gasteiger partial charge >= 0.3 is 6.03 Å². The number of rotatable bonds is 6. The first kappa shape index (κ1) is 22.8. The van der Waals surface area contributed by atoms with Crippen molar-refractivity contribution in [3.8, 4) is 0 Å². The van der Waals surface area contributed by atoms with E-state index in [0.717, 1.165) is 21.4 Å². The Morgan fingerprint density at radius 3 is 2.61 bits per heavy atom. The molecule has 1 fully saturated rings. The highest BCUT2D eigenvalue weighted by Crippen LogP contribution is 2.31. The molecule has 4 N–H and O–H groups in total. The monoisotopic (exact) mass is 486 g/mol. The Morgan fingerprint density at radius 1 is 1.18 bits per heavy atom. The van der Waals surface area contributed by atoms with Crippen LogP contribution in [0.4, 0.5) is 4.79 Å². The quantitative estimate of drug-likeness (QED) is 0.315. The van der Waals surface area contributed by atoms with Crippen LogP contribution in [-0.4, -0.2) is 46.0 Å². The molecular weight excluding hydrogens is 467 g/mol. The Kier molecular flexibility index (Phi) is 6.42. The van der Waals surface area contributed by atoms with E-state index in [1.807, 2.05) is 13.0 Å². The van der Waals surface area contributed by atoms with Gasteiger partial charge in [-0.15, -0.1) is 0 Å². The van der Waals surface area contributed by atoms with Crippen molar-refractivity contribution in [3.63, 3.8) is 0 Å². The van der Waals surface area contributed by atoms with Crippen molar-refractivity contribution in [2.24, 2.45) is 0 Å². The summed E-state index contributed by atoms with van der Waals surface area (Å²) in [5.41, 5.74) is 2.80. The molecule has 0 aliphatic carbocycles. The second-order valence-electron chi connectivity index (χ2n) is 7.47. The van der Waals surface area contributed by atoms with Crippen LogP contribution in [-0.2, 0) is 9.59 Å². The van der Waals surface area contributed by atoms with Gasteiger partial charge < -0.3 is 20.7 Å². The molecule has 3 aromatic rings. The summed E-state index contributed by atoms with van der Waals surface area (Å²) in [6, 6.07) is 7.89. The minimum absolute atomic E-state index is 0.0213. The second kappa shape index (κ2) is 9.27. The van der Waals surface area contributed by atoms with E-state index in [-0.39, 0.29) is 18.8 Å². The van der Waals surface area contributed by atoms with Gasteiger partial charge in [0.15, 0.2) is 0 Å². The van der Waals surface area contributed by atoms with E-state index < -0.39 is 23.9 Å². The van der Waals surface area contributed by atoms with Crippen LogP contribution in [0.15, 0.2) is 48.3 Å². The highest BCUT2D eigenvalue weighted by Gasteiger charge is 2.42. The first-order valence-electron chi connectivity index (χ1n) is 10.1. The van der Waals surface area contributed by atoms with Crippen LogP contribution >= 0.6 is 23.2 Å². The van der Waals surface area contributed by atoms with Crippen molar-refractivity contribution in [1.29, 1.82) is 0 Å². The van der Waals surface area contributed by atoms with Crippen LogP contribution in [0.5, 0.6) is 0 Å². The number of H-pyrrole nitrogens is 1. The molecule has 1 aromatic heterocycles. The summed E-state index contributed by atoms with van der Waals surface area (Å²) in [5, 5.41) is 16.0. The molecule has 4 amide bonds. The number of imide groups is 1. The number of carbonyl (C=O) groups excluding carboxylic acids is 3. The van der Waals surface area contributed by atoms with Gasteiger partial charge in [0.1, 0.15) is 11.7 Å². The number of hydrogen-bond acceptors (Lipinski definition) is 4. The topological polar surface area (TPSA) is 115 Å². The summed E-state index contributed by atoms with van der Waals surface area (Å²) in [6.07, 6.45) is 3.27. The fourth-order valence-electron chi connectivity index (χ4n) is 3.74. The third-order valence-electron chi connectivity index (χ3n) is 5.39. The van der Waals surface area contributed by atoms with E-state index in [0.29, 0.717) is 21.2 Å². The summed E-state index contributed by atoms with van der Waals surface area (Å²) in [6.45, 7) is 1.57. The standard InChI is InChI=1S/C23H20Cl2N4O4/c1-12-17(25)7-6-16-14(11-27-19(12)16)10-18-22(32)29(23(33)28-18)20(21(31)26-8-9-30)13-2-4-15(24)5-3-13/h2-7,10-11,20,27,30H,8-9H2,1H3,(H,26,31)(H,28,33)/b18-10-. The number of halogens is 2. The molecule has 0 saturated carbocycles. The van der Waals surface area contributed by atoms with Gasteiger partial charge in [-0.1, -0.05) is 41.4 Å². The number of aliphatic hydroxyl groups excluding tert-OH is 1. The van der Waals surface area contributed by atoms with E-state index in [9.17, 15) is 14.4 Å². The first-order chi connectivity index (χ1) is 15.8. The summed E-state index contributed by atoms with van der Waals surface area (Å²) in [7, 11) is 0. The molecule has 1 atom stereocenters. The van der Waals surface area contributed by atoms with Crippen molar-refractivity contribution in [3.05, 3.63) is 75.0 Å². The molecule has 1 aliphatic rings. The molecule has 0 bridgehead atoms. The average Bonchev–Trinajstić information content (AvgIpc) is 3.32. The van der Waals surface area contributed by atoms with E-state index >= 15 is 0 Å². The number of aliphatic hydroxyl groups is 1. The largest absolute Gasteiger partial charge is 0.395 e. The lowest BCUT2D eigenvalue weighted by Crippen LogP contribution is -2.44. The van der Waals surface area contributed by atoms with Gasteiger partial charge in [-0.2, -0.15) is 0 Å². The van der Waals surface area contributed by atoms with Crippen molar-refractivity contribution in [2.75, 3.05) is 13.2 Å². The number of benzene rings is 2. The number of nitrogens with zero attached hydrogens (tertiary/aromatic N) is 1. The number of nitrogens with one attached hydrogen (secondary N) is 3. The number of aromatic nitrogens is 1. The summed E-state index contributed by atoms with van der Waals surface area (Å²) in [5.74, 6) is -1.26. The average molecular weight is 487 g/mol. The highest BCUT2D eigenvalue weighted by molar-refractivity contribution is 6.32. The Balaban J connectivity index is 1.71. The van der Waals surface area contributed by atoms with Crippen LogP contribution < -0.4 is 10.6 Å². The summed E-state index contributed by atoms with van der Waals surface area (Å²) >= 11 is 12.1. The van der Waals surface area contributed by atoms with Gasteiger partial charge in [0.05, 0.1) is 12.1 Å². The summed E-state index contributed by atoms with van der Waals surface area (Å²) < 4.78 is 0. The normalized spacial score (nSPS) is 15.9. The SMILES string of the molecule is Cc1c(Cl)ccc2c(/C=C3\NC(=O)N(C(C(=O)NCCO)c4ccc(Cl)cc4)C3=O)c[nH]c12. The molecule has 8 nitrogen and oxygen atoms in total. The Hall–Kier alpha value is -3.33. The molecule has 33 heavy (non-hydrogen) atoms. The molecule has 170 valence electrons. The van der Waals surface area contributed by atoms with Crippen LogP contribution in [0, 0.1) is 6.92 Å². The molecule has 0 spiro atoms. The fourth-order valence-corrected chi connectivity index (χ4v) is 4.02. The molecule has 2 aromatic carbocycles. The molecule has 0 radical (unpaired) electrons. The molecule has 1 aliphatic heterocycles. The Bertz CT molecular complexity index is 1280. The zero-order valence-corrected chi connectivity index (χ0v) is 19.0. The van der Waals surface area contributed by atoms with Crippen LogP contribution in [0.25, 0.3) is 17.0 Å². The van der Waals surface area contributed by atoms with E-state index in [2.05, 4.69) is 15.6 Å².